The second-order valence-electron chi connectivity index (χ2n) is 9.30. The molecule has 1 heterocycles. The van der Waals surface area contributed by atoms with Gasteiger partial charge in [0.25, 0.3) is 11.3 Å². The number of aromatic nitrogens is 1. The zero-order valence-electron chi connectivity index (χ0n) is 22.1. The van der Waals surface area contributed by atoms with Gasteiger partial charge in [0.1, 0.15) is 18.1 Å². The van der Waals surface area contributed by atoms with Crippen molar-refractivity contribution in [1.82, 2.24) is 4.98 Å². The quantitative estimate of drug-likeness (QED) is 0.192. The van der Waals surface area contributed by atoms with Crippen molar-refractivity contribution in [1.29, 1.82) is 0 Å². The lowest BCUT2D eigenvalue weighted by Gasteiger charge is -2.19. The van der Waals surface area contributed by atoms with Crippen LogP contribution in [0.2, 0.25) is 0 Å². The number of unbranched alkanes of at least 4 members (excludes halogenated alkanes) is 1. The molecule has 0 radical (unpaired) electrons. The van der Waals surface area contributed by atoms with Crippen LogP contribution in [0.25, 0.3) is 0 Å². The first-order valence-electron chi connectivity index (χ1n) is 12.6. The highest BCUT2D eigenvalue weighted by Gasteiger charge is 2.33. The molecule has 1 amide bonds. The second-order valence-corrected chi connectivity index (χ2v) is 10.3. The number of amides is 1. The average Bonchev–Trinajstić information content (AvgIpc) is 2.90. The fourth-order valence-corrected chi connectivity index (χ4v) is 4.45. The summed E-state index contributed by atoms with van der Waals surface area (Å²) in [6, 6.07) is 13.4. The first kappa shape index (κ1) is 31.0. The Morgan fingerprint density at radius 1 is 1.10 bits per heavy atom. The molecule has 3 aromatic rings. The van der Waals surface area contributed by atoms with Gasteiger partial charge in [0.05, 0.1) is 11.6 Å². The van der Waals surface area contributed by atoms with Crippen LogP contribution in [-0.2, 0) is 41.7 Å². The first-order chi connectivity index (χ1) is 18.9. The van der Waals surface area contributed by atoms with Crippen molar-refractivity contribution in [3.63, 3.8) is 0 Å². The number of carbonyl (C=O) groups excluding carboxylic acids is 1. The number of rotatable bonds is 13. The van der Waals surface area contributed by atoms with E-state index in [4.69, 9.17) is 10.5 Å². The number of anilines is 1. The summed E-state index contributed by atoms with van der Waals surface area (Å²) in [5, 5.41) is 0. The van der Waals surface area contributed by atoms with E-state index in [-0.39, 0.29) is 36.6 Å². The van der Waals surface area contributed by atoms with Crippen LogP contribution in [0.1, 0.15) is 60.1 Å². The number of nitrogens with two attached hydrogens (primary N) is 1. The van der Waals surface area contributed by atoms with Crippen LogP contribution < -0.4 is 14.8 Å². The molecule has 40 heavy (non-hydrogen) atoms. The molecule has 1 aromatic heterocycles. The average molecular weight is 582 g/mol. The van der Waals surface area contributed by atoms with Gasteiger partial charge in [-0.2, -0.15) is 13.2 Å². The van der Waals surface area contributed by atoms with Crippen molar-refractivity contribution in [2.24, 2.45) is 5.73 Å². The fraction of sp³-hybridized carbons (Fsp3) is 0.357. The first-order valence-corrected chi connectivity index (χ1v) is 13.7. The lowest BCUT2D eigenvalue weighted by molar-refractivity contribution is -0.141. The summed E-state index contributed by atoms with van der Waals surface area (Å²) >= 11 is -2.46. The minimum atomic E-state index is -4.68. The van der Waals surface area contributed by atoms with Crippen LogP contribution >= 0.6 is 0 Å². The normalized spacial score (nSPS) is 13.1. The zero-order chi connectivity index (χ0) is 29.4. The van der Waals surface area contributed by atoms with E-state index in [1.807, 2.05) is 24.3 Å². The van der Waals surface area contributed by atoms with Crippen molar-refractivity contribution >= 4 is 22.9 Å². The summed E-state index contributed by atoms with van der Waals surface area (Å²) in [5.41, 5.74) is 6.75. The summed E-state index contributed by atoms with van der Waals surface area (Å²) < 4.78 is 81.7. The Morgan fingerprint density at radius 2 is 1.77 bits per heavy atom. The predicted octanol–water partition coefficient (Wildman–Crippen LogP) is 5.94. The summed E-state index contributed by atoms with van der Waals surface area (Å²) in [5.74, 6) is -2.81. The standard InChI is InChI=1S/C28H31F4N3O4S/c1-3-4-5-18-6-8-19(9-7-18)17-39-27-20(12-15-25(34-27)28(30,31)32)10-13-22(26(33)36)21-11-14-24(23(29)16-21)35(2)40(37)38/h6-9,11-12,14-16,22H,3-5,10,13,17H2,1-2H3,(H2,33,36)(H,37,38). The summed E-state index contributed by atoms with van der Waals surface area (Å²) in [7, 11) is 1.22. The van der Waals surface area contributed by atoms with E-state index in [0.29, 0.717) is 5.56 Å². The monoisotopic (exact) mass is 581 g/mol. The smallest absolute Gasteiger partial charge is 0.433 e. The summed E-state index contributed by atoms with van der Waals surface area (Å²) in [6.45, 7) is 2.09. The Hall–Kier alpha value is -3.51. The zero-order valence-corrected chi connectivity index (χ0v) is 22.9. The molecule has 0 fully saturated rings. The van der Waals surface area contributed by atoms with Gasteiger partial charge in [-0.25, -0.2) is 13.6 Å². The third-order valence-electron chi connectivity index (χ3n) is 6.44. The van der Waals surface area contributed by atoms with E-state index in [0.717, 1.165) is 46.8 Å². The molecule has 0 saturated carbocycles. The number of hydrogen-bond acceptors (Lipinski definition) is 4. The predicted molar refractivity (Wildman–Crippen MR) is 144 cm³/mol. The van der Waals surface area contributed by atoms with Gasteiger partial charge in [-0.05, 0) is 60.6 Å². The summed E-state index contributed by atoms with van der Waals surface area (Å²) in [4.78, 5) is 15.9. The molecule has 0 saturated heterocycles. The lowest BCUT2D eigenvalue weighted by atomic mass is 9.91. The number of nitrogens with zero attached hydrogens (tertiary/aromatic N) is 2. The van der Waals surface area contributed by atoms with E-state index < -0.39 is 40.8 Å². The highest BCUT2D eigenvalue weighted by molar-refractivity contribution is 7.80. The Kier molecular flexibility index (Phi) is 10.6. The van der Waals surface area contributed by atoms with Crippen molar-refractivity contribution in [2.75, 3.05) is 11.4 Å². The molecule has 0 aliphatic carbocycles. The number of primary amides is 1. The molecule has 2 aromatic carbocycles. The molecule has 12 heteroatoms. The summed E-state index contributed by atoms with van der Waals surface area (Å²) in [6.07, 6.45) is -1.54. The van der Waals surface area contributed by atoms with Crippen LogP contribution in [0.4, 0.5) is 23.2 Å². The Morgan fingerprint density at radius 3 is 2.35 bits per heavy atom. The van der Waals surface area contributed by atoms with Crippen LogP contribution in [0.5, 0.6) is 5.88 Å². The number of halogens is 4. The van der Waals surface area contributed by atoms with E-state index in [1.165, 1.54) is 25.2 Å². The molecule has 3 rings (SSSR count). The molecule has 3 N–H and O–H groups in total. The maximum Gasteiger partial charge on any atom is 0.433 e. The highest BCUT2D eigenvalue weighted by Crippen LogP contribution is 2.33. The maximum absolute atomic E-state index is 14.6. The van der Waals surface area contributed by atoms with E-state index >= 15 is 0 Å². The van der Waals surface area contributed by atoms with Crippen LogP contribution in [0.3, 0.4) is 0 Å². The third kappa shape index (κ3) is 8.25. The van der Waals surface area contributed by atoms with E-state index in [9.17, 15) is 31.1 Å². The molecule has 0 bridgehead atoms. The topological polar surface area (TPSA) is 106 Å². The van der Waals surface area contributed by atoms with Crippen molar-refractivity contribution in [3.8, 4) is 5.88 Å². The fourth-order valence-electron chi connectivity index (χ4n) is 4.13. The van der Waals surface area contributed by atoms with Gasteiger partial charge in [-0.3, -0.25) is 13.7 Å². The minimum Gasteiger partial charge on any atom is -0.473 e. The number of carbonyl (C=O) groups is 1. The van der Waals surface area contributed by atoms with Gasteiger partial charge in [-0.1, -0.05) is 49.7 Å². The van der Waals surface area contributed by atoms with Crippen molar-refractivity contribution in [2.45, 2.75) is 57.7 Å². The molecule has 2 unspecified atom stereocenters. The van der Waals surface area contributed by atoms with Crippen LogP contribution in [-0.4, -0.2) is 26.7 Å². The van der Waals surface area contributed by atoms with Gasteiger partial charge in [0, 0.05) is 12.6 Å². The van der Waals surface area contributed by atoms with Crippen molar-refractivity contribution < 1.29 is 35.9 Å². The maximum atomic E-state index is 14.6. The Labute approximate surface area is 232 Å². The largest absolute Gasteiger partial charge is 0.473 e. The van der Waals surface area contributed by atoms with Crippen molar-refractivity contribution in [3.05, 3.63) is 88.4 Å². The minimum absolute atomic E-state index is 0.0129. The molecule has 7 nitrogen and oxygen atoms in total. The van der Waals surface area contributed by atoms with Crippen LogP contribution in [0.15, 0.2) is 54.6 Å². The molecule has 0 aliphatic heterocycles. The number of pyridine rings is 1. The molecular formula is C28H31F4N3O4S. The molecule has 0 spiro atoms. The van der Waals surface area contributed by atoms with Gasteiger partial charge in [0.2, 0.25) is 11.8 Å². The molecular weight excluding hydrogens is 550 g/mol. The molecule has 2 atom stereocenters. The SMILES string of the molecule is CCCCc1ccc(COc2nc(C(F)(F)F)ccc2CCC(C(N)=O)c2ccc(N(C)S(=O)O)c(F)c2)cc1. The van der Waals surface area contributed by atoms with E-state index in [1.54, 1.807) is 0 Å². The van der Waals surface area contributed by atoms with Gasteiger partial charge >= 0.3 is 6.18 Å². The molecule has 216 valence electrons. The van der Waals surface area contributed by atoms with Crippen LogP contribution in [0, 0.1) is 5.82 Å². The number of benzene rings is 2. The van der Waals surface area contributed by atoms with E-state index in [2.05, 4.69) is 11.9 Å². The Balaban J connectivity index is 1.81. The number of ether oxygens (including phenoxy) is 1. The number of aryl methyl sites for hydroxylation is 2. The highest BCUT2D eigenvalue weighted by atomic mass is 32.2. The number of alkyl halides is 3. The lowest BCUT2D eigenvalue weighted by Crippen LogP contribution is -2.23. The second kappa shape index (κ2) is 13.7. The van der Waals surface area contributed by atoms with Gasteiger partial charge in [0.15, 0.2) is 0 Å². The number of hydrogen-bond donors (Lipinski definition) is 2. The molecule has 0 aliphatic rings. The van der Waals surface area contributed by atoms with Gasteiger partial charge < -0.3 is 10.5 Å². The Bertz CT molecular complexity index is 1340. The third-order valence-corrected chi connectivity index (χ3v) is 7.11. The van der Waals surface area contributed by atoms with Gasteiger partial charge in [-0.15, -0.1) is 0 Å².